The average molecular weight is 202 g/mol. The summed E-state index contributed by atoms with van der Waals surface area (Å²) in [5.41, 5.74) is 0.399. The van der Waals surface area contributed by atoms with Crippen molar-refractivity contribution in [3.05, 3.63) is 24.5 Å². The third kappa shape index (κ3) is 3.39. The van der Waals surface area contributed by atoms with Crippen LogP contribution in [0.25, 0.3) is 0 Å². The first-order valence-corrected chi connectivity index (χ1v) is 5.31. The van der Waals surface area contributed by atoms with Crippen molar-refractivity contribution in [2.75, 3.05) is 17.1 Å². The summed E-state index contributed by atoms with van der Waals surface area (Å²) in [5.74, 6) is -0.304. The fourth-order valence-electron chi connectivity index (χ4n) is 0.774. The van der Waals surface area contributed by atoms with E-state index in [1.165, 1.54) is 6.20 Å². The van der Waals surface area contributed by atoms with Gasteiger partial charge in [0.25, 0.3) is 0 Å². The van der Waals surface area contributed by atoms with E-state index in [4.69, 9.17) is 5.11 Å². The molecule has 0 amide bonds. The number of nitrogens with one attached hydrogen (secondary N) is 1. The largest absolute Gasteiger partial charge is 0.395 e. The van der Waals surface area contributed by atoms with Crippen LogP contribution in [-0.4, -0.2) is 30.9 Å². The lowest BCUT2D eigenvalue weighted by Crippen LogP contribution is -2.18. The smallest absolute Gasteiger partial charge is 0.235 e. The van der Waals surface area contributed by atoms with Crippen LogP contribution in [0.4, 0.5) is 5.69 Å². The van der Waals surface area contributed by atoms with Gasteiger partial charge in [-0.05, 0) is 12.1 Å². The standard InChI is InChI=1S/C7H10N2O3S/c10-4-5-13(11,12)9-7-2-1-3-8-6-7/h1-3,6,9-10H,4-5H2. The zero-order valence-electron chi connectivity index (χ0n) is 6.84. The highest BCUT2D eigenvalue weighted by molar-refractivity contribution is 7.92. The molecule has 0 saturated carbocycles. The lowest BCUT2D eigenvalue weighted by Gasteiger charge is -2.04. The minimum absolute atomic E-state index is 0.304. The third-order valence-corrected chi connectivity index (χ3v) is 2.56. The second-order valence-electron chi connectivity index (χ2n) is 2.39. The average Bonchev–Trinajstić information content (AvgIpc) is 2.04. The summed E-state index contributed by atoms with van der Waals surface area (Å²) in [4.78, 5) is 3.74. The molecule has 0 fully saturated rings. The predicted octanol–water partition coefficient (Wildman–Crippen LogP) is -0.184. The van der Waals surface area contributed by atoms with Gasteiger partial charge in [-0.1, -0.05) is 0 Å². The highest BCUT2D eigenvalue weighted by Gasteiger charge is 2.08. The Hall–Kier alpha value is -1.14. The Morgan fingerprint density at radius 3 is 2.85 bits per heavy atom. The van der Waals surface area contributed by atoms with E-state index in [1.54, 1.807) is 18.3 Å². The molecule has 2 N–H and O–H groups in total. The van der Waals surface area contributed by atoms with Crippen LogP contribution in [-0.2, 0) is 10.0 Å². The normalized spacial score (nSPS) is 11.2. The summed E-state index contributed by atoms with van der Waals surface area (Å²) >= 11 is 0. The van der Waals surface area contributed by atoms with Crippen molar-refractivity contribution in [2.45, 2.75) is 0 Å². The first-order chi connectivity index (χ1) is 6.14. The van der Waals surface area contributed by atoms with E-state index in [-0.39, 0.29) is 5.75 Å². The molecule has 0 saturated heterocycles. The molecule has 0 atom stereocenters. The second kappa shape index (κ2) is 4.20. The Morgan fingerprint density at radius 2 is 2.31 bits per heavy atom. The number of aromatic nitrogens is 1. The molecule has 6 heteroatoms. The molecule has 1 aromatic rings. The van der Waals surface area contributed by atoms with Crippen LogP contribution < -0.4 is 4.72 Å². The first-order valence-electron chi connectivity index (χ1n) is 3.65. The molecule has 0 unspecified atom stereocenters. The van der Waals surface area contributed by atoms with Crippen molar-refractivity contribution in [1.29, 1.82) is 0 Å². The number of aliphatic hydroxyl groups excluding tert-OH is 1. The fourth-order valence-corrected chi connectivity index (χ4v) is 1.60. The van der Waals surface area contributed by atoms with E-state index in [0.717, 1.165) is 0 Å². The molecule has 0 bridgehead atoms. The van der Waals surface area contributed by atoms with Gasteiger partial charge in [-0.15, -0.1) is 0 Å². The molecule has 0 aromatic carbocycles. The van der Waals surface area contributed by atoms with Gasteiger partial charge in [0.2, 0.25) is 10.0 Å². The summed E-state index contributed by atoms with van der Waals surface area (Å²) in [7, 11) is -3.42. The van der Waals surface area contributed by atoms with Gasteiger partial charge in [-0.25, -0.2) is 8.42 Å². The SMILES string of the molecule is O=S(=O)(CCO)Nc1cccnc1. The zero-order chi connectivity index (χ0) is 9.73. The number of rotatable bonds is 4. The van der Waals surface area contributed by atoms with Gasteiger partial charge in [-0.2, -0.15) is 0 Å². The van der Waals surface area contributed by atoms with Crippen molar-refractivity contribution < 1.29 is 13.5 Å². The van der Waals surface area contributed by atoms with Gasteiger partial charge in [0.05, 0.1) is 24.2 Å². The van der Waals surface area contributed by atoms with Gasteiger partial charge in [0, 0.05) is 6.20 Å². The van der Waals surface area contributed by atoms with Crippen LogP contribution in [0, 0.1) is 0 Å². The molecule has 1 heterocycles. The molecule has 0 aliphatic rings. The van der Waals surface area contributed by atoms with Crippen molar-refractivity contribution >= 4 is 15.7 Å². The van der Waals surface area contributed by atoms with Crippen LogP contribution >= 0.6 is 0 Å². The molecule has 72 valence electrons. The molecule has 0 aliphatic carbocycles. The summed E-state index contributed by atoms with van der Waals surface area (Å²) in [5, 5.41) is 8.45. The molecule has 0 radical (unpaired) electrons. The lowest BCUT2D eigenvalue weighted by atomic mass is 10.4. The quantitative estimate of drug-likeness (QED) is 0.709. The number of pyridine rings is 1. The Bertz CT molecular complexity index is 349. The highest BCUT2D eigenvalue weighted by atomic mass is 32.2. The topological polar surface area (TPSA) is 79.3 Å². The van der Waals surface area contributed by atoms with E-state index >= 15 is 0 Å². The van der Waals surface area contributed by atoms with Crippen molar-refractivity contribution in [2.24, 2.45) is 0 Å². The summed E-state index contributed by atoms with van der Waals surface area (Å²) in [6.07, 6.45) is 2.94. The summed E-state index contributed by atoms with van der Waals surface area (Å²) in [6, 6.07) is 3.21. The highest BCUT2D eigenvalue weighted by Crippen LogP contribution is 2.05. The number of nitrogens with zero attached hydrogens (tertiary/aromatic N) is 1. The molecule has 13 heavy (non-hydrogen) atoms. The molecule has 0 spiro atoms. The molecule has 5 nitrogen and oxygen atoms in total. The molecular weight excluding hydrogens is 192 g/mol. The second-order valence-corrected chi connectivity index (χ2v) is 4.23. The minimum atomic E-state index is -3.42. The third-order valence-electron chi connectivity index (χ3n) is 1.29. The van der Waals surface area contributed by atoms with Crippen LogP contribution in [0.2, 0.25) is 0 Å². The Kier molecular flexibility index (Phi) is 3.21. The van der Waals surface area contributed by atoms with Crippen LogP contribution in [0.3, 0.4) is 0 Å². The molecule has 0 aliphatic heterocycles. The van der Waals surface area contributed by atoms with Gasteiger partial charge in [0.1, 0.15) is 0 Å². The monoisotopic (exact) mass is 202 g/mol. The molecule has 1 rings (SSSR count). The number of aliphatic hydroxyl groups is 1. The van der Waals surface area contributed by atoms with Crippen molar-refractivity contribution in [3.8, 4) is 0 Å². The van der Waals surface area contributed by atoms with E-state index in [9.17, 15) is 8.42 Å². The minimum Gasteiger partial charge on any atom is -0.395 e. The van der Waals surface area contributed by atoms with E-state index in [2.05, 4.69) is 9.71 Å². The maximum atomic E-state index is 11.1. The van der Waals surface area contributed by atoms with Crippen LogP contribution in [0.15, 0.2) is 24.5 Å². The zero-order valence-corrected chi connectivity index (χ0v) is 7.66. The summed E-state index contributed by atoms with van der Waals surface area (Å²) in [6.45, 7) is -0.393. The maximum Gasteiger partial charge on any atom is 0.235 e. The number of hydrogen-bond acceptors (Lipinski definition) is 4. The van der Waals surface area contributed by atoms with E-state index < -0.39 is 16.6 Å². The Balaban J connectivity index is 2.70. The maximum absolute atomic E-state index is 11.1. The molecular formula is C7H10N2O3S. The van der Waals surface area contributed by atoms with E-state index in [1.807, 2.05) is 0 Å². The van der Waals surface area contributed by atoms with E-state index in [0.29, 0.717) is 5.69 Å². The first kappa shape index (κ1) is 9.94. The Morgan fingerprint density at radius 1 is 1.54 bits per heavy atom. The molecule has 1 aromatic heterocycles. The van der Waals surface area contributed by atoms with Crippen molar-refractivity contribution in [3.63, 3.8) is 0 Å². The fraction of sp³-hybridized carbons (Fsp3) is 0.286. The summed E-state index contributed by atoms with van der Waals surface area (Å²) < 4.78 is 24.5. The Labute approximate surface area is 76.5 Å². The van der Waals surface area contributed by atoms with Crippen LogP contribution in [0.5, 0.6) is 0 Å². The number of hydrogen-bond donors (Lipinski definition) is 2. The van der Waals surface area contributed by atoms with Crippen LogP contribution in [0.1, 0.15) is 0 Å². The van der Waals surface area contributed by atoms with Gasteiger partial charge >= 0.3 is 0 Å². The predicted molar refractivity (Wildman–Crippen MR) is 48.7 cm³/mol. The number of anilines is 1. The van der Waals surface area contributed by atoms with Gasteiger partial charge in [-0.3, -0.25) is 9.71 Å². The number of sulfonamides is 1. The van der Waals surface area contributed by atoms with Gasteiger partial charge < -0.3 is 5.11 Å². The lowest BCUT2D eigenvalue weighted by molar-refractivity contribution is 0.320. The van der Waals surface area contributed by atoms with Gasteiger partial charge in [0.15, 0.2) is 0 Å². The van der Waals surface area contributed by atoms with Crippen molar-refractivity contribution in [1.82, 2.24) is 4.98 Å².